The molecule has 0 saturated heterocycles. The Morgan fingerprint density at radius 3 is 2.47 bits per heavy atom. The van der Waals surface area contributed by atoms with Crippen molar-refractivity contribution < 1.29 is 17.5 Å². The molecule has 1 rings (SSSR count). The lowest BCUT2D eigenvalue weighted by molar-refractivity contribution is 0.235. The first kappa shape index (κ1) is 12.3. The summed E-state index contributed by atoms with van der Waals surface area (Å²) in [5.74, 6) is -0.644. The fraction of sp³-hybridized carbons (Fsp3) is 0.333. The van der Waals surface area contributed by atoms with E-state index >= 15 is 0 Å². The maximum absolute atomic E-state index is 12.9. The van der Waals surface area contributed by atoms with Gasteiger partial charge in [-0.15, -0.1) is 0 Å². The molecule has 0 spiro atoms. The molecule has 0 aliphatic carbocycles. The summed E-state index contributed by atoms with van der Waals surface area (Å²) in [7, 11) is 1.25. The quantitative estimate of drug-likeness (QED) is 0.777. The van der Waals surface area contributed by atoms with Crippen LogP contribution in [0.4, 0.5) is 4.39 Å². The molecular formula is C9H10ClFO3S. The Balaban J connectivity index is 3.27. The smallest absolute Gasteiger partial charge is 0.264 e. The Kier molecular flexibility index (Phi) is 3.57. The van der Waals surface area contributed by atoms with Gasteiger partial charge >= 0.3 is 0 Å². The van der Waals surface area contributed by atoms with E-state index in [1.165, 1.54) is 0 Å². The molecule has 0 aromatic heterocycles. The summed E-state index contributed by atoms with van der Waals surface area (Å²) < 4.78 is 40.2. The highest BCUT2D eigenvalue weighted by Crippen LogP contribution is 2.28. The lowest BCUT2D eigenvalue weighted by Gasteiger charge is -2.12. The highest BCUT2D eigenvalue weighted by atomic mass is 35.7. The number of halogens is 2. The van der Waals surface area contributed by atoms with E-state index in [1.807, 2.05) is 0 Å². The second-order valence-corrected chi connectivity index (χ2v) is 5.73. The summed E-state index contributed by atoms with van der Waals surface area (Å²) in [5, 5.41) is 0. The van der Waals surface area contributed by atoms with Gasteiger partial charge in [-0.2, -0.15) is 0 Å². The van der Waals surface area contributed by atoms with E-state index < -0.39 is 14.9 Å². The molecule has 0 aliphatic rings. The van der Waals surface area contributed by atoms with Crippen LogP contribution in [0.3, 0.4) is 0 Å². The molecule has 0 N–H and O–H groups in total. The van der Waals surface area contributed by atoms with Crippen LogP contribution in [0, 0.1) is 5.82 Å². The minimum Gasteiger partial charge on any atom is -0.489 e. The zero-order chi connectivity index (χ0) is 11.6. The molecule has 0 aliphatic heterocycles. The lowest BCUT2D eigenvalue weighted by Crippen LogP contribution is -2.08. The van der Waals surface area contributed by atoms with Gasteiger partial charge in [0, 0.05) is 16.7 Å². The number of rotatable bonds is 3. The van der Waals surface area contributed by atoms with E-state index in [1.54, 1.807) is 13.8 Å². The van der Waals surface area contributed by atoms with Gasteiger partial charge in [-0.3, -0.25) is 0 Å². The first-order valence-electron chi connectivity index (χ1n) is 4.21. The van der Waals surface area contributed by atoms with Gasteiger partial charge in [0.25, 0.3) is 9.05 Å². The van der Waals surface area contributed by atoms with Crippen molar-refractivity contribution in [2.75, 3.05) is 0 Å². The molecule has 15 heavy (non-hydrogen) atoms. The Hall–Kier alpha value is -0.810. The molecule has 0 unspecified atom stereocenters. The number of ether oxygens (including phenoxy) is 1. The normalized spacial score (nSPS) is 11.8. The standard InChI is InChI=1S/C9H10ClFO3S/c1-6(2)14-8-5-7(11)3-4-9(8)15(10,12)13/h3-6H,1-2H3. The summed E-state index contributed by atoms with van der Waals surface area (Å²) in [5.41, 5.74) is 0. The van der Waals surface area contributed by atoms with E-state index in [0.717, 1.165) is 18.2 Å². The SMILES string of the molecule is CC(C)Oc1cc(F)ccc1S(=O)(=O)Cl. The van der Waals surface area contributed by atoms with Crippen molar-refractivity contribution in [3.05, 3.63) is 24.0 Å². The molecule has 0 saturated carbocycles. The first-order chi connectivity index (χ1) is 6.80. The molecule has 0 bridgehead atoms. The van der Waals surface area contributed by atoms with Crippen LogP contribution in [-0.4, -0.2) is 14.5 Å². The maximum atomic E-state index is 12.9. The van der Waals surface area contributed by atoms with E-state index in [0.29, 0.717) is 0 Å². The second-order valence-electron chi connectivity index (χ2n) is 3.20. The summed E-state index contributed by atoms with van der Waals surface area (Å²) in [6.45, 7) is 3.41. The summed E-state index contributed by atoms with van der Waals surface area (Å²) in [6.07, 6.45) is -0.260. The van der Waals surface area contributed by atoms with Gasteiger partial charge in [0.15, 0.2) is 0 Å². The molecule has 84 valence electrons. The van der Waals surface area contributed by atoms with Crippen molar-refractivity contribution in [2.45, 2.75) is 24.8 Å². The second kappa shape index (κ2) is 4.37. The largest absolute Gasteiger partial charge is 0.489 e. The van der Waals surface area contributed by atoms with E-state index in [-0.39, 0.29) is 16.7 Å². The Bertz CT molecular complexity index is 456. The summed E-state index contributed by atoms with van der Waals surface area (Å²) >= 11 is 0. The number of hydrogen-bond acceptors (Lipinski definition) is 3. The van der Waals surface area contributed by atoms with Gasteiger partial charge < -0.3 is 4.74 Å². The van der Waals surface area contributed by atoms with Gasteiger partial charge in [-0.1, -0.05) is 0 Å². The predicted octanol–water partition coefficient (Wildman–Crippen LogP) is 2.54. The third-order valence-electron chi connectivity index (χ3n) is 1.53. The van der Waals surface area contributed by atoms with Crippen LogP contribution in [-0.2, 0) is 9.05 Å². The predicted molar refractivity (Wildman–Crippen MR) is 55.2 cm³/mol. The molecular weight excluding hydrogens is 243 g/mol. The molecule has 0 atom stereocenters. The van der Waals surface area contributed by atoms with Gasteiger partial charge in [0.1, 0.15) is 16.5 Å². The van der Waals surface area contributed by atoms with Crippen molar-refractivity contribution in [1.82, 2.24) is 0 Å². The van der Waals surface area contributed by atoms with Crippen molar-refractivity contribution in [1.29, 1.82) is 0 Å². The van der Waals surface area contributed by atoms with Crippen LogP contribution < -0.4 is 4.74 Å². The van der Waals surface area contributed by atoms with Crippen LogP contribution in [0.25, 0.3) is 0 Å². The minimum atomic E-state index is -3.92. The molecule has 3 nitrogen and oxygen atoms in total. The third kappa shape index (κ3) is 3.35. The van der Waals surface area contributed by atoms with Gasteiger partial charge in [-0.05, 0) is 26.0 Å². The zero-order valence-electron chi connectivity index (χ0n) is 8.20. The van der Waals surface area contributed by atoms with Gasteiger partial charge in [-0.25, -0.2) is 12.8 Å². The topological polar surface area (TPSA) is 43.4 Å². The fourth-order valence-corrected chi connectivity index (χ4v) is 1.99. The highest BCUT2D eigenvalue weighted by Gasteiger charge is 2.18. The number of hydrogen-bond donors (Lipinski definition) is 0. The Labute approximate surface area is 92.2 Å². The first-order valence-corrected chi connectivity index (χ1v) is 6.52. The van der Waals surface area contributed by atoms with Crippen LogP contribution in [0.1, 0.15) is 13.8 Å². The van der Waals surface area contributed by atoms with Crippen LogP contribution >= 0.6 is 10.7 Å². The molecule has 0 fully saturated rings. The summed E-state index contributed by atoms with van der Waals surface area (Å²) in [4.78, 5) is -0.223. The Morgan fingerprint density at radius 2 is 2.00 bits per heavy atom. The maximum Gasteiger partial charge on any atom is 0.264 e. The fourth-order valence-electron chi connectivity index (χ4n) is 1.03. The van der Waals surface area contributed by atoms with Crippen molar-refractivity contribution in [2.24, 2.45) is 0 Å². The van der Waals surface area contributed by atoms with Crippen molar-refractivity contribution in [3.8, 4) is 5.75 Å². The van der Waals surface area contributed by atoms with Crippen LogP contribution in [0.15, 0.2) is 23.1 Å². The highest BCUT2D eigenvalue weighted by molar-refractivity contribution is 8.13. The molecule has 1 aromatic rings. The van der Waals surface area contributed by atoms with E-state index in [9.17, 15) is 12.8 Å². The van der Waals surface area contributed by atoms with Crippen molar-refractivity contribution >= 4 is 19.7 Å². The molecule has 1 aromatic carbocycles. The van der Waals surface area contributed by atoms with Crippen molar-refractivity contribution in [3.63, 3.8) is 0 Å². The van der Waals surface area contributed by atoms with Crippen LogP contribution in [0.5, 0.6) is 5.75 Å². The van der Waals surface area contributed by atoms with Crippen LogP contribution in [0.2, 0.25) is 0 Å². The van der Waals surface area contributed by atoms with Gasteiger partial charge in [0.05, 0.1) is 6.10 Å². The minimum absolute atomic E-state index is 0.0694. The Morgan fingerprint density at radius 1 is 1.40 bits per heavy atom. The molecule has 0 amide bonds. The summed E-state index contributed by atoms with van der Waals surface area (Å²) in [6, 6.07) is 3.09. The molecule has 0 radical (unpaired) electrons. The van der Waals surface area contributed by atoms with E-state index in [4.69, 9.17) is 15.4 Å². The van der Waals surface area contributed by atoms with E-state index in [2.05, 4.69) is 0 Å². The number of benzene rings is 1. The third-order valence-corrected chi connectivity index (χ3v) is 2.89. The average Bonchev–Trinajstić information content (AvgIpc) is 1.99. The lowest BCUT2D eigenvalue weighted by atomic mass is 10.3. The zero-order valence-corrected chi connectivity index (χ0v) is 9.77. The molecule has 6 heteroatoms. The molecule has 0 heterocycles. The average molecular weight is 253 g/mol. The van der Waals surface area contributed by atoms with Gasteiger partial charge in [0.2, 0.25) is 0 Å². The monoisotopic (exact) mass is 252 g/mol.